The lowest BCUT2D eigenvalue weighted by molar-refractivity contribution is -0.139. The fourth-order valence-electron chi connectivity index (χ4n) is 4.03. The summed E-state index contributed by atoms with van der Waals surface area (Å²) in [6.07, 6.45) is 2.61. The molecule has 9 nitrogen and oxygen atoms in total. The van der Waals surface area contributed by atoms with Crippen molar-refractivity contribution in [1.82, 2.24) is 25.3 Å². The molecule has 0 spiro atoms. The van der Waals surface area contributed by atoms with Crippen LogP contribution in [0.2, 0.25) is 0 Å². The average molecular weight is 502 g/mol. The maximum atomic E-state index is 13.5. The minimum absolute atomic E-state index is 0.135. The molecule has 13 heteroatoms. The molecule has 3 heterocycles. The summed E-state index contributed by atoms with van der Waals surface area (Å²) in [4.78, 5) is 27.5. The molecule has 1 aromatic carbocycles. The van der Waals surface area contributed by atoms with Crippen LogP contribution in [0.1, 0.15) is 5.56 Å². The summed E-state index contributed by atoms with van der Waals surface area (Å²) in [5, 5.41) is 4.98. The maximum Gasteiger partial charge on any atom is 0.419 e. The smallest absolute Gasteiger partial charge is 0.419 e. The third-order valence-corrected chi connectivity index (χ3v) is 5.67. The lowest BCUT2D eigenvalue weighted by Crippen LogP contribution is -2.34. The van der Waals surface area contributed by atoms with Gasteiger partial charge in [-0.05, 0) is 30.4 Å². The van der Waals surface area contributed by atoms with Gasteiger partial charge in [-0.25, -0.2) is 19.2 Å². The molecule has 1 aliphatic heterocycles. The topological polar surface area (TPSA) is 114 Å². The molecule has 186 valence electrons. The van der Waals surface area contributed by atoms with Gasteiger partial charge >= 0.3 is 12.2 Å². The van der Waals surface area contributed by atoms with Crippen molar-refractivity contribution in [1.29, 1.82) is 0 Å². The summed E-state index contributed by atoms with van der Waals surface area (Å²) in [6.45, 7) is 3.81. The zero-order chi connectivity index (χ0) is 25.4. The number of aromatic nitrogens is 4. The molecular weight excluding hydrogens is 484 g/mol. The predicted octanol–water partition coefficient (Wildman–Crippen LogP) is 4.10. The molecule has 1 aliphatic carbocycles. The van der Waals surface area contributed by atoms with E-state index in [9.17, 15) is 22.4 Å². The molecule has 3 aromatic rings. The molecule has 3 atom stereocenters. The zero-order valence-corrected chi connectivity index (χ0v) is 18.3. The standard InChI is InChI=1S/C23H18F4N6O3/c1-2-3-15-12(6-7-35-21-18-20(29-9-28-18)30-10-31-21)16-17(19(16)36-15)33-22(34)32-11-4-5-14(24)13(8-11)23(25,26)27/h2-6,8-10,16-17,19H,1,7H2,(H2,32,33,34)(H,28,29,30,31)/b12-6+,15-3+/t16-,17+,19-/m0/s1. The fourth-order valence-corrected chi connectivity index (χ4v) is 4.03. The van der Waals surface area contributed by atoms with Gasteiger partial charge in [0.2, 0.25) is 5.88 Å². The number of rotatable bonds is 6. The van der Waals surface area contributed by atoms with E-state index in [4.69, 9.17) is 9.47 Å². The van der Waals surface area contributed by atoms with Gasteiger partial charge < -0.3 is 25.1 Å². The van der Waals surface area contributed by atoms with E-state index in [2.05, 4.69) is 37.1 Å². The van der Waals surface area contributed by atoms with Gasteiger partial charge in [-0.1, -0.05) is 12.7 Å². The van der Waals surface area contributed by atoms with Crippen LogP contribution in [-0.4, -0.2) is 44.7 Å². The Morgan fingerprint density at radius 2 is 2.11 bits per heavy atom. The highest BCUT2D eigenvalue weighted by Gasteiger charge is 2.61. The normalized spacial score (nSPS) is 22.8. The van der Waals surface area contributed by atoms with E-state index in [1.807, 2.05) is 0 Å². The SMILES string of the molecule is C=C/C=C1/O[C@@H]2[C@H](NC(=O)Nc3ccc(F)c(C(F)(F)F)c3)[C@@H]2/C1=C/COc1ncnc2nc[nH]c12. The summed E-state index contributed by atoms with van der Waals surface area (Å²) >= 11 is 0. The van der Waals surface area contributed by atoms with E-state index in [1.165, 1.54) is 12.7 Å². The lowest BCUT2D eigenvalue weighted by atomic mass is 10.1. The van der Waals surface area contributed by atoms with E-state index in [0.717, 1.165) is 11.6 Å². The lowest BCUT2D eigenvalue weighted by Gasteiger charge is -2.14. The van der Waals surface area contributed by atoms with Crippen molar-refractivity contribution >= 4 is 22.9 Å². The van der Waals surface area contributed by atoms with Gasteiger partial charge in [0.25, 0.3) is 0 Å². The number of alkyl halides is 3. The van der Waals surface area contributed by atoms with E-state index in [1.54, 1.807) is 18.2 Å². The molecule has 1 saturated heterocycles. The van der Waals surface area contributed by atoms with Crippen molar-refractivity contribution in [2.75, 3.05) is 11.9 Å². The Labute approximate surface area is 200 Å². The number of carbonyl (C=O) groups is 1. The van der Waals surface area contributed by atoms with Gasteiger partial charge in [0, 0.05) is 11.3 Å². The molecule has 0 bridgehead atoms. The number of imidazole rings is 1. The highest BCUT2D eigenvalue weighted by molar-refractivity contribution is 5.90. The first kappa shape index (κ1) is 23.3. The van der Waals surface area contributed by atoms with Gasteiger partial charge in [-0.15, -0.1) is 0 Å². The second-order valence-electron chi connectivity index (χ2n) is 7.94. The van der Waals surface area contributed by atoms with Crippen molar-refractivity contribution in [3.8, 4) is 5.88 Å². The Hall–Kier alpha value is -4.42. The maximum absolute atomic E-state index is 13.5. The largest absolute Gasteiger partial charge is 0.487 e. The quantitative estimate of drug-likeness (QED) is 0.438. The number of ether oxygens (including phenoxy) is 2. The monoisotopic (exact) mass is 502 g/mol. The van der Waals surface area contributed by atoms with Crippen LogP contribution >= 0.6 is 0 Å². The fraction of sp³-hybridized carbons (Fsp3) is 0.217. The number of hydrogen-bond acceptors (Lipinski definition) is 6. The van der Waals surface area contributed by atoms with Crippen LogP contribution in [0.4, 0.5) is 28.0 Å². The molecule has 2 fully saturated rings. The number of urea groups is 1. The van der Waals surface area contributed by atoms with Crippen LogP contribution < -0.4 is 15.4 Å². The average Bonchev–Trinajstić information content (AvgIpc) is 3.15. The third kappa shape index (κ3) is 4.46. The van der Waals surface area contributed by atoms with Crippen molar-refractivity contribution in [3.05, 3.63) is 78.4 Å². The van der Waals surface area contributed by atoms with Crippen molar-refractivity contribution < 1.29 is 31.8 Å². The molecular formula is C23H18F4N6O3. The number of nitrogens with zero attached hydrogens (tertiary/aromatic N) is 3. The summed E-state index contributed by atoms with van der Waals surface area (Å²) in [5.41, 5.74) is 0.133. The van der Waals surface area contributed by atoms with E-state index in [-0.39, 0.29) is 24.3 Å². The van der Waals surface area contributed by atoms with Crippen LogP contribution in [-0.2, 0) is 10.9 Å². The summed E-state index contributed by atoms with van der Waals surface area (Å²) in [7, 11) is 0. The van der Waals surface area contributed by atoms with Crippen molar-refractivity contribution in [3.63, 3.8) is 0 Å². The van der Waals surface area contributed by atoms with Gasteiger partial charge in [0.05, 0.1) is 23.9 Å². The van der Waals surface area contributed by atoms with E-state index >= 15 is 0 Å². The summed E-state index contributed by atoms with van der Waals surface area (Å²) in [5.74, 6) is -0.722. The Kier molecular flexibility index (Phi) is 5.82. The predicted molar refractivity (Wildman–Crippen MR) is 119 cm³/mol. The van der Waals surface area contributed by atoms with Crippen LogP contribution in [0.25, 0.3) is 11.2 Å². The molecule has 3 N–H and O–H groups in total. The van der Waals surface area contributed by atoms with Crippen LogP contribution in [0, 0.1) is 11.7 Å². The molecule has 1 saturated carbocycles. The number of benzene rings is 1. The van der Waals surface area contributed by atoms with E-state index in [0.29, 0.717) is 34.9 Å². The number of fused-ring (bicyclic) bond motifs is 2. The second kappa shape index (κ2) is 8.98. The number of amides is 2. The molecule has 0 unspecified atom stereocenters. The molecule has 36 heavy (non-hydrogen) atoms. The van der Waals surface area contributed by atoms with Crippen LogP contribution in [0.15, 0.2) is 67.0 Å². The highest BCUT2D eigenvalue weighted by atomic mass is 19.4. The van der Waals surface area contributed by atoms with Crippen molar-refractivity contribution in [2.45, 2.75) is 18.3 Å². The number of hydrogen-bond donors (Lipinski definition) is 3. The molecule has 0 radical (unpaired) electrons. The summed E-state index contributed by atoms with van der Waals surface area (Å²) in [6, 6.07) is 1.07. The van der Waals surface area contributed by atoms with Crippen LogP contribution in [0.3, 0.4) is 0 Å². The molecule has 2 aliphatic rings. The van der Waals surface area contributed by atoms with Gasteiger partial charge in [0.1, 0.15) is 36.1 Å². The molecule has 2 amide bonds. The van der Waals surface area contributed by atoms with E-state index < -0.39 is 29.6 Å². The number of anilines is 1. The number of carbonyl (C=O) groups excluding carboxylic acids is 1. The third-order valence-electron chi connectivity index (χ3n) is 5.67. The van der Waals surface area contributed by atoms with Crippen LogP contribution in [0.5, 0.6) is 5.88 Å². The van der Waals surface area contributed by atoms with Gasteiger partial charge in [-0.2, -0.15) is 18.2 Å². The highest BCUT2D eigenvalue weighted by Crippen LogP contribution is 2.51. The first-order valence-electron chi connectivity index (χ1n) is 10.7. The Morgan fingerprint density at radius 1 is 1.28 bits per heavy atom. The number of nitrogens with one attached hydrogen (secondary N) is 3. The van der Waals surface area contributed by atoms with Gasteiger partial charge in [0.15, 0.2) is 5.65 Å². The summed E-state index contributed by atoms with van der Waals surface area (Å²) < 4.78 is 63.9. The second-order valence-corrected chi connectivity index (χ2v) is 7.94. The first-order valence-corrected chi connectivity index (χ1v) is 10.7. The number of halogens is 4. The Morgan fingerprint density at radius 3 is 2.89 bits per heavy atom. The van der Waals surface area contributed by atoms with Gasteiger partial charge in [-0.3, -0.25) is 0 Å². The first-order chi connectivity index (χ1) is 17.3. The Balaban J connectivity index is 1.24. The zero-order valence-electron chi connectivity index (χ0n) is 18.3. The Bertz CT molecular complexity index is 1400. The number of H-pyrrole nitrogens is 1. The molecule has 5 rings (SSSR count). The minimum Gasteiger partial charge on any atom is -0.487 e. The molecule has 2 aromatic heterocycles. The number of aromatic amines is 1. The van der Waals surface area contributed by atoms with Crippen molar-refractivity contribution in [2.24, 2.45) is 5.92 Å². The number of allylic oxidation sites excluding steroid dienone is 3. The minimum atomic E-state index is -4.88.